The van der Waals surface area contributed by atoms with Crippen molar-refractivity contribution in [3.63, 3.8) is 0 Å². The monoisotopic (exact) mass is 211 g/mol. The fourth-order valence-electron chi connectivity index (χ4n) is 1.77. The lowest BCUT2D eigenvalue weighted by Gasteiger charge is -2.33. The summed E-state index contributed by atoms with van der Waals surface area (Å²) in [5.41, 5.74) is 1.14. The first-order valence-corrected chi connectivity index (χ1v) is 5.77. The van der Waals surface area contributed by atoms with E-state index in [9.17, 15) is 4.79 Å². The van der Waals surface area contributed by atoms with Crippen LogP contribution in [-0.2, 0) is 4.79 Å². The number of hydrogen-bond donors (Lipinski definition) is 0. The second-order valence-electron chi connectivity index (χ2n) is 4.69. The summed E-state index contributed by atoms with van der Waals surface area (Å²) in [7, 11) is 0. The molecular weight excluding hydrogens is 186 g/mol. The van der Waals surface area contributed by atoms with Crippen molar-refractivity contribution in [3.8, 4) is 0 Å². The summed E-state index contributed by atoms with van der Waals surface area (Å²) in [4.78, 5) is 14.2. The van der Waals surface area contributed by atoms with E-state index in [0.29, 0.717) is 0 Å². The van der Waals surface area contributed by atoms with Gasteiger partial charge < -0.3 is 4.90 Å². The van der Waals surface area contributed by atoms with Crippen molar-refractivity contribution in [2.24, 2.45) is 5.92 Å². The topological polar surface area (TPSA) is 20.3 Å². The van der Waals surface area contributed by atoms with Gasteiger partial charge >= 0.3 is 0 Å². The summed E-state index contributed by atoms with van der Waals surface area (Å²) in [6.45, 7) is 14.2. The van der Waals surface area contributed by atoms with E-state index in [2.05, 4.69) is 27.7 Å². The van der Waals surface area contributed by atoms with E-state index >= 15 is 0 Å². The zero-order valence-corrected chi connectivity index (χ0v) is 11.2. The zero-order valence-electron chi connectivity index (χ0n) is 11.2. The Morgan fingerprint density at radius 2 is 1.47 bits per heavy atom. The van der Waals surface area contributed by atoms with Gasteiger partial charge in [0.25, 0.3) is 0 Å². The fraction of sp³-hybridized carbons (Fsp3) is 0.769. The summed E-state index contributed by atoms with van der Waals surface area (Å²) < 4.78 is 0. The molecule has 2 heteroatoms. The Morgan fingerprint density at radius 1 is 1.07 bits per heavy atom. The van der Waals surface area contributed by atoms with Gasteiger partial charge in [0.1, 0.15) is 0 Å². The fourth-order valence-corrected chi connectivity index (χ4v) is 1.77. The van der Waals surface area contributed by atoms with Crippen molar-refractivity contribution in [1.29, 1.82) is 0 Å². The largest absolute Gasteiger partial charge is 0.337 e. The highest BCUT2D eigenvalue weighted by Gasteiger charge is 2.25. The highest BCUT2D eigenvalue weighted by molar-refractivity contribution is 5.81. The molecule has 0 aromatic carbocycles. The molecule has 0 unspecified atom stereocenters. The lowest BCUT2D eigenvalue weighted by atomic mass is 9.99. The van der Waals surface area contributed by atoms with Gasteiger partial charge in [-0.05, 0) is 48.5 Å². The van der Waals surface area contributed by atoms with Crippen molar-refractivity contribution in [1.82, 2.24) is 4.90 Å². The van der Waals surface area contributed by atoms with E-state index in [0.717, 1.165) is 5.57 Å². The molecule has 0 saturated carbocycles. The molecule has 0 bridgehead atoms. The number of carbonyl (C=O) groups is 1. The number of allylic oxidation sites excluding steroid dienone is 1. The van der Waals surface area contributed by atoms with E-state index in [-0.39, 0.29) is 23.9 Å². The molecule has 0 aliphatic carbocycles. The van der Waals surface area contributed by atoms with Gasteiger partial charge in [0.05, 0.1) is 5.92 Å². The summed E-state index contributed by atoms with van der Waals surface area (Å²) in [6, 6.07) is 0.536. The van der Waals surface area contributed by atoms with Crippen LogP contribution in [-0.4, -0.2) is 22.9 Å². The molecule has 1 atom stereocenters. The molecule has 0 heterocycles. The summed E-state index contributed by atoms with van der Waals surface area (Å²) in [5.74, 6) is 0.232. The van der Waals surface area contributed by atoms with Gasteiger partial charge in [0, 0.05) is 12.1 Å². The Bertz CT molecular complexity index is 233. The highest BCUT2D eigenvalue weighted by Crippen LogP contribution is 2.17. The molecule has 0 N–H and O–H groups in total. The number of hydrogen-bond acceptors (Lipinski definition) is 1. The Labute approximate surface area is 94.4 Å². The number of carbonyl (C=O) groups excluding carboxylic acids is 1. The quantitative estimate of drug-likeness (QED) is 0.654. The van der Waals surface area contributed by atoms with Gasteiger partial charge in [-0.15, -0.1) is 0 Å². The molecular formula is C13H25NO. The first-order valence-electron chi connectivity index (χ1n) is 5.77. The van der Waals surface area contributed by atoms with Crippen LogP contribution in [0, 0.1) is 5.92 Å². The third-order valence-electron chi connectivity index (χ3n) is 2.88. The average molecular weight is 211 g/mol. The van der Waals surface area contributed by atoms with Crippen LogP contribution in [0.4, 0.5) is 0 Å². The minimum Gasteiger partial charge on any atom is -0.337 e. The van der Waals surface area contributed by atoms with Crippen LogP contribution in [0.3, 0.4) is 0 Å². The average Bonchev–Trinajstić information content (AvgIpc) is 2.14. The third-order valence-corrected chi connectivity index (χ3v) is 2.88. The third kappa shape index (κ3) is 3.69. The predicted molar refractivity (Wildman–Crippen MR) is 65.7 cm³/mol. The molecule has 0 aromatic rings. The number of amides is 1. The molecule has 0 rings (SSSR count). The van der Waals surface area contributed by atoms with Crippen LogP contribution >= 0.6 is 0 Å². The van der Waals surface area contributed by atoms with Crippen LogP contribution in [0.25, 0.3) is 0 Å². The molecule has 0 spiro atoms. The van der Waals surface area contributed by atoms with Crippen molar-refractivity contribution in [3.05, 3.63) is 11.6 Å². The van der Waals surface area contributed by atoms with Crippen molar-refractivity contribution < 1.29 is 4.79 Å². The molecule has 2 nitrogen and oxygen atoms in total. The molecule has 0 fully saturated rings. The molecule has 0 aliphatic heterocycles. The lowest BCUT2D eigenvalue weighted by Crippen LogP contribution is -2.44. The van der Waals surface area contributed by atoms with E-state index < -0.39 is 0 Å². The Balaban J connectivity index is 4.80. The Hall–Kier alpha value is -0.790. The van der Waals surface area contributed by atoms with Gasteiger partial charge in [0.2, 0.25) is 5.91 Å². The van der Waals surface area contributed by atoms with E-state index in [1.807, 2.05) is 31.7 Å². The SMILES string of the molecule is C/C=C(\C)[C@H](C)C(=O)N(C(C)C)C(C)C. The van der Waals surface area contributed by atoms with Gasteiger partial charge in [-0.2, -0.15) is 0 Å². The molecule has 0 aromatic heterocycles. The highest BCUT2D eigenvalue weighted by atomic mass is 16.2. The summed E-state index contributed by atoms with van der Waals surface area (Å²) in [6.07, 6.45) is 2.02. The summed E-state index contributed by atoms with van der Waals surface area (Å²) in [5, 5.41) is 0. The van der Waals surface area contributed by atoms with E-state index in [1.165, 1.54) is 0 Å². The standard InChI is InChI=1S/C13H25NO/c1-8-11(6)12(7)13(15)14(9(2)3)10(4)5/h8-10,12H,1-7H3/b11-8+/t12-/m0/s1. The maximum atomic E-state index is 12.2. The molecule has 0 saturated heterocycles. The molecule has 0 radical (unpaired) electrons. The van der Waals surface area contributed by atoms with E-state index in [1.54, 1.807) is 0 Å². The van der Waals surface area contributed by atoms with Gasteiger partial charge in [-0.1, -0.05) is 11.6 Å². The number of rotatable bonds is 4. The van der Waals surface area contributed by atoms with Gasteiger partial charge in [0.15, 0.2) is 0 Å². The van der Waals surface area contributed by atoms with Crippen LogP contribution in [0.2, 0.25) is 0 Å². The molecule has 1 amide bonds. The van der Waals surface area contributed by atoms with Crippen molar-refractivity contribution in [2.75, 3.05) is 0 Å². The Morgan fingerprint density at radius 3 is 1.73 bits per heavy atom. The molecule has 88 valence electrons. The second kappa shape index (κ2) is 5.94. The first kappa shape index (κ1) is 14.2. The number of nitrogens with zero attached hydrogens (tertiary/aromatic N) is 1. The Kier molecular flexibility index (Phi) is 5.63. The summed E-state index contributed by atoms with van der Waals surface area (Å²) >= 11 is 0. The maximum absolute atomic E-state index is 12.2. The van der Waals surface area contributed by atoms with Crippen LogP contribution in [0.15, 0.2) is 11.6 Å². The van der Waals surface area contributed by atoms with Crippen LogP contribution < -0.4 is 0 Å². The van der Waals surface area contributed by atoms with Gasteiger partial charge in [-0.25, -0.2) is 0 Å². The minimum atomic E-state index is -0.000185. The van der Waals surface area contributed by atoms with Crippen LogP contribution in [0.1, 0.15) is 48.5 Å². The van der Waals surface area contributed by atoms with Gasteiger partial charge in [-0.3, -0.25) is 4.79 Å². The van der Waals surface area contributed by atoms with Crippen molar-refractivity contribution >= 4 is 5.91 Å². The normalized spacial score (nSPS) is 14.6. The molecule has 15 heavy (non-hydrogen) atoms. The second-order valence-corrected chi connectivity index (χ2v) is 4.69. The lowest BCUT2D eigenvalue weighted by molar-refractivity contribution is -0.137. The van der Waals surface area contributed by atoms with Crippen molar-refractivity contribution in [2.45, 2.75) is 60.5 Å². The smallest absolute Gasteiger partial charge is 0.229 e. The zero-order chi connectivity index (χ0) is 12.2. The van der Waals surface area contributed by atoms with Crippen LogP contribution in [0.5, 0.6) is 0 Å². The molecule has 0 aliphatic rings. The minimum absolute atomic E-state index is 0.000185. The first-order chi connectivity index (χ1) is 6.82. The predicted octanol–water partition coefficient (Wildman–Crippen LogP) is 3.23. The maximum Gasteiger partial charge on any atom is 0.229 e. The van der Waals surface area contributed by atoms with E-state index in [4.69, 9.17) is 0 Å².